The van der Waals surface area contributed by atoms with Gasteiger partial charge < -0.3 is 14.8 Å². The molecular weight excluding hydrogens is 258 g/mol. The van der Waals surface area contributed by atoms with Crippen molar-refractivity contribution in [2.24, 2.45) is 11.8 Å². The van der Waals surface area contributed by atoms with Crippen LogP contribution in [-0.4, -0.2) is 25.6 Å². The molecule has 1 aliphatic rings. The molecule has 1 amide bonds. The van der Waals surface area contributed by atoms with Crippen LogP contribution in [0, 0.1) is 11.8 Å². The van der Waals surface area contributed by atoms with Crippen LogP contribution in [0.1, 0.15) is 19.8 Å². The minimum atomic E-state index is -0.443. The van der Waals surface area contributed by atoms with Crippen LogP contribution in [0.4, 0.5) is 5.69 Å². The van der Waals surface area contributed by atoms with E-state index in [1.54, 1.807) is 24.3 Å². The lowest BCUT2D eigenvalue weighted by molar-refractivity contribution is -0.142. The number of nitrogens with one attached hydrogen (secondary N) is 1. The third-order valence-corrected chi connectivity index (χ3v) is 3.43. The number of anilines is 1. The van der Waals surface area contributed by atoms with Crippen molar-refractivity contribution in [1.82, 2.24) is 0 Å². The van der Waals surface area contributed by atoms with E-state index in [0.717, 1.165) is 12.8 Å². The maximum absolute atomic E-state index is 12.0. The molecule has 1 aromatic rings. The zero-order valence-corrected chi connectivity index (χ0v) is 11.7. The van der Waals surface area contributed by atoms with Crippen LogP contribution in [0.3, 0.4) is 0 Å². The third kappa shape index (κ3) is 3.98. The van der Waals surface area contributed by atoms with Gasteiger partial charge in [0, 0.05) is 17.7 Å². The number of esters is 1. The van der Waals surface area contributed by atoms with E-state index in [0.29, 0.717) is 17.4 Å². The lowest BCUT2D eigenvalue weighted by Crippen LogP contribution is -2.21. The average molecular weight is 277 g/mol. The summed E-state index contributed by atoms with van der Waals surface area (Å²) in [6.45, 7) is 1.80. The topological polar surface area (TPSA) is 64.6 Å². The molecular formula is C15H19NO4. The molecule has 1 aliphatic carbocycles. The Morgan fingerprint density at radius 1 is 1.40 bits per heavy atom. The summed E-state index contributed by atoms with van der Waals surface area (Å²) in [5, 5.41) is 2.87. The molecule has 0 saturated heterocycles. The zero-order chi connectivity index (χ0) is 14.5. The van der Waals surface area contributed by atoms with Crippen molar-refractivity contribution in [3.8, 4) is 5.75 Å². The maximum Gasteiger partial charge on any atom is 0.343 e. The van der Waals surface area contributed by atoms with Gasteiger partial charge in [-0.15, -0.1) is 0 Å². The molecule has 0 heterocycles. The van der Waals surface area contributed by atoms with E-state index in [4.69, 9.17) is 4.74 Å². The third-order valence-electron chi connectivity index (χ3n) is 3.43. The van der Waals surface area contributed by atoms with Gasteiger partial charge in [0.15, 0.2) is 6.61 Å². The van der Waals surface area contributed by atoms with E-state index >= 15 is 0 Å². The Bertz CT molecular complexity index is 496. The molecule has 0 radical (unpaired) electrons. The van der Waals surface area contributed by atoms with Crippen molar-refractivity contribution in [3.05, 3.63) is 24.3 Å². The fourth-order valence-electron chi connectivity index (χ4n) is 1.93. The predicted molar refractivity (Wildman–Crippen MR) is 74.5 cm³/mol. The smallest absolute Gasteiger partial charge is 0.343 e. The number of hydrogen-bond acceptors (Lipinski definition) is 4. The minimum Gasteiger partial charge on any atom is -0.482 e. The van der Waals surface area contributed by atoms with Gasteiger partial charge in [-0.05, 0) is 30.9 Å². The molecule has 2 rings (SSSR count). The number of benzene rings is 1. The Balaban J connectivity index is 1.91. The van der Waals surface area contributed by atoms with E-state index in [1.807, 2.05) is 6.92 Å². The second-order valence-corrected chi connectivity index (χ2v) is 5.01. The molecule has 1 saturated carbocycles. The number of methoxy groups -OCH3 is 1. The second kappa shape index (κ2) is 6.41. The van der Waals surface area contributed by atoms with Gasteiger partial charge in [-0.2, -0.15) is 0 Å². The van der Waals surface area contributed by atoms with Crippen molar-refractivity contribution in [3.63, 3.8) is 0 Å². The SMILES string of the molecule is COC(=O)COc1cccc(NC(=O)C(C)C2CC2)c1. The highest BCUT2D eigenvalue weighted by Gasteiger charge is 2.32. The molecule has 20 heavy (non-hydrogen) atoms. The number of amides is 1. The normalized spacial score (nSPS) is 15.3. The Hall–Kier alpha value is -2.04. The minimum absolute atomic E-state index is 0.0256. The van der Waals surface area contributed by atoms with Gasteiger partial charge in [0.2, 0.25) is 5.91 Å². The van der Waals surface area contributed by atoms with Gasteiger partial charge in [-0.25, -0.2) is 4.79 Å². The monoisotopic (exact) mass is 277 g/mol. The average Bonchev–Trinajstić information content (AvgIpc) is 3.28. The number of ether oxygens (including phenoxy) is 2. The molecule has 1 unspecified atom stereocenters. The van der Waals surface area contributed by atoms with Crippen molar-refractivity contribution in [2.75, 3.05) is 19.0 Å². The van der Waals surface area contributed by atoms with Gasteiger partial charge in [0.05, 0.1) is 7.11 Å². The van der Waals surface area contributed by atoms with Crippen LogP contribution < -0.4 is 10.1 Å². The Morgan fingerprint density at radius 3 is 2.80 bits per heavy atom. The fourth-order valence-corrected chi connectivity index (χ4v) is 1.93. The highest BCUT2D eigenvalue weighted by molar-refractivity contribution is 5.92. The van der Waals surface area contributed by atoms with E-state index in [-0.39, 0.29) is 18.4 Å². The maximum atomic E-state index is 12.0. The van der Waals surface area contributed by atoms with Gasteiger partial charge >= 0.3 is 5.97 Å². The van der Waals surface area contributed by atoms with E-state index in [9.17, 15) is 9.59 Å². The Morgan fingerprint density at radius 2 is 2.15 bits per heavy atom. The van der Waals surface area contributed by atoms with Gasteiger partial charge in [0.1, 0.15) is 5.75 Å². The van der Waals surface area contributed by atoms with Crippen molar-refractivity contribution < 1.29 is 19.1 Å². The van der Waals surface area contributed by atoms with Crippen molar-refractivity contribution >= 4 is 17.6 Å². The highest BCUT2D eigenvalue weighted by Crippen LogP contribution is 2.37. The summed E-state index contributed by atoms with van der Waals surface area (Å²) in [7, 11) is 1.31. The summed E-state index contributed by atoms with van der Waals surface area (Å²) in [6, 6.07) is 6.98. The van der Waals surface area contributed by atoms with E-state index < -0.39 is 5.97 Å². The number of hydrogen-bond donors (Lipinski definition) is 1. The first-order valence-corrected chi connectivity index (χ1v) is 6.70. The summed E-state index contributed by atoms with van der Waals surface area (Å²) in [5.74, 6) is 0.662. The summed E-state index contributed by atoms with van der Waals surface area (Å²) < 4.78 is 9.77. The second-order valence-electron chi connectivity index (χ2n) is 5.01. The lowest BCUT2D eigenvalue weighted by atomic mass is 10.1. The van der Waals surface area contributed by atoms with Crippen LogP contribution in [0.15, 0.2) is 24.3 Å². The zero-order valence-electron chi connectivity index (χ0n) is 11.7. The number of carbonyl (C=O) groups is 2. The molecule has 1 aromatic carbocycles. The molecule has 1 N–H and O–H groups in total. The van der Waals surface area contributed by atoms with E-state index in [2.05, 4.69) is 10.1 Å². The molecule has 1 atom stereocenters. The van der Waals surface area contributed by atoms with Crippen LogP contribution in [0.25, 0.3) is 0 Å². The Labute approximate surface area is 118 Å². The molecule has 0 aliphatic heterocycles. The Kier molecular flexibility index (Phi) is 4.61. The largest absolute Gasteiger partial charge is 0.482 e. The molecule has 0 bridgehead atoms. The molecule has 5 nitrogen and oxygen atoms in total. The lowest BCUT2D eigenvalue weighted by Gasteiger charge is -2.12. The molecule has 1 fully saturated rings. The van der Waals surface area contributed by atoms with Crippen molar-refractivity contribution in [2.45, 2.75) is 19.8 Å². The predicted octanol–water partition coefficient (Wildman–Crippen LogP) is 2.22. The molecule has 108 valence electrons. The summed E-state index contributed by atoms with van der Waals surface area (Å²) in [5.41, 5.74) is 0.671. The van der Waals surface area contributed by atoms with Crippen LogP contribution in [0.2, 0.25) is 0 Å². The molecule has 0 aromatic heterocycles. The first kappa shape index (κ1) is 14.4. The highest BCUT2D eigenvalue weighted by atomic mass is 16.6. The number of carbonyl (C=O) groups excluding carboxylic acids is 2. The van der Waals surface area contributed by atoms with Gasteiger partial charge in [-0.3, -0.25) is 4.79 Å². The number of rotatable bonds is 6. The van der Waals surface area contributed by atoms with E-state index in [1.165, 1.54) is 7.11 Å². The standard InChI is InChI=1S/C15H19NO4/c1-10(11-6-7-11)15(18)16-12-4-3-5-13(8-12)20-9-14(17)19-2/h3-5,8,10-11H,6-7,9H2,1-2H3,(H,16,18). The van der Waals surface area contributed by atoms with Crippen LogP contribution in [-0.2, 0) is 14.3 Å². The van der Waals surface area contributed by atoms with Crippen LogP contribution in [0.5, 0.6) is 5.75 Å². The summed E-state index contributed by atoms with van der Waals surface area (Å²) in [4.78, 5) is 23.0. The van der Waals surface area contributed by atoms with Crippen molar-refractivity contribution in [1.29, 1.82) is 0 Å². The molecule has 0 spiro atoms. The van der Waals surface area contributed by atoms with Crippen LogP contribution >= 0.6 is 0 Å². The van der Waals surface area contributed by atoms with Gasteiger partial charge in [-0.1, -0.05) is 13.0 Å². The van der Waals surface area contributed by atoms with Gasteiger partial charge in [0.25, 0.3) is 0 Å². The first-order valence-electron chi connectivity index (χ1n) is 6.70. The summed E-state index contributed by atoms with van der Waals surface area (Å²) >= 11 is 0. The molecule has 5 heteroatoms. The fraction of sp³-hybridized carbons (Fsp3) is 0.467. The summed E-state index contributed by atoms with van der Waals surface area (Å²) in [6.07, 6.45) is 2.27. The first-order chi connectivity index (χ1) is 9.60. The quantitative estimate of drug-likeness (QED) is 0.810.